The van der Waals surface area contributed by atoms with Crippen LogP contribution in [0.2, 0.25) is 0 Å². The van der Waals surface area contributed by atoms with Gasteiger partial charge in [0.1, 0.15) is 22.9 Å². The van der Waals surface area contributed by atoms with Gasteiger partial charge >= 0.3 is 0 Å². The second-order valence-corrected chi connectivity index (χ2v) is 5.61. The molecule has 0 fully saturated rings. The Morgan fingerprint density at radius 2 is 1.69 bits per heavy atom. The fourth-order valence-corrected chi connectivity index (χ4v) is 2.84. The van der Waals surface area contributed by atoms with E-state index in [1.54, 1.807) is 58.8 Å². The summed E-state index contributed by atoms with van der Waals surface area (Å²) < 4.78 is 21.2. The number of nitrogens with one attached hydrogen (secondary N) is 1. The third-order valence-electron chi connectivity index (χ3n) is 4.14. The smallest absolute Gasteiger partial charge is 0.214 e. The number of aromatic nitrogens is 2. The predicted octanol–water partition coefficient (Wildman–Crippen LogP) is 2.97. The number of fused-ring (bicyclic) bond motifs is 1. The number of ether oxygens (including phenoxy) is 4. The molecule has 3 aromatic rings. The van der Waals surface area contributed by atoms with Crippen LogP contribution >= 0.6 is 0 Å². The highest BCUT2D eigenvalue weighted by Gasteiger charge is 2.21. The summed E-state index contributed by atoms with van der Waals surface area (Å²) >= 11 is 0. The van der Waals surface area contributed by atoms with Crippen molar-refractivity contribution in [3.63, 3.8) is 0 Å². The van der Waals surface area contributed by atoms with Gasteiger partial charge in [-0.05, 0) is 24.3 Å². The fourth-order valence-electron chi connectivity index (χ4n) is 2.84. The molecule has 1 aromatic heterocycles. The molecule has 0 atom stereocenters. The molecule has 0 bridgehead atoms. The Morgan fingerprint density at radius 3 is 2.27 bits per heavy atom. The monoisotopic (exact) mass is 356 g/mol. The molecule has 3 rings (SSSR count). The summed E-state index contributed by atoms with van der Waals surface area (Å²) in [6, 6.07) is 8.73. The lowest BCUT2D eigenvalue weighted by Crippen LogP contribution is -2.06. The lowest BCUT2D eigenvalue weighted by atomic mass is 10.0. The number of rotatable bonds is 7. The lowest BCUT2D eigenvalue weighted by molar-refractivity contribution is 0.103. The van der Waals surface area contributed by atoms with E-state index in [-0.39, 0.29) is 5.78 Å². The Balaban J connectivity index is 2.07. The molecule has 0 radical (unpaired) electrons. The summed E-state index contributed by atoms with van der Waals surface area (Å²) in [7, 11) is 6.25. The number of carbonyl (C=O) groups excluding carboxylic acids is 1. The number of methoxy groups -OCH3 is 4. The number of ketones is 1. The fraction of sp³-hybridized carbons (Fsp3) is 0.263. The molecular weight excluding hydrogens is 336 g/mol. The maximum Gasteiger partial charge on any atom is 0.214 e. The molecule has 26 heavy (non-hydrogen) atoms. The van der Waals surface area contributed by atoms with Crippen LogP contribution in [0, 0.1) is 0 Å². The largest absolute Gasteiger partial charge is 0.497 e. The maximum absolute atomic E-state index is 13.0. The highest BCUT2D eigenvalue weighted by molar-refractivity contribution is 6.15. The van der Waals surface area contributed by atoms with Gasteiger partial charge in [-0.3, -0.25) is 9.89 Å². The summed E-state index contributed by atoms with van der Waals surface area (Å²) in [6.45, 7) is 0.311. The van der Waals surface area contributed by atoms with Gasteiger partial charge in [-0.2, -0.15) is 5.10 Å². The first-order chi connectivity index (χ1) is 12.6. The molecule has 0 amide bonds. The van der Waals surface area contributed by atoms with E-state index in [0.29, 0.717) is 35.1 Å². The van der Waals surface area contributed by atoms with E-state index in [0.717, 1.165) is 16.5 Å². The van der Waals surface area contributed by atoms with Crippen molar-refractivity contribution in [3.05, 3.63) is 47.2 Å². The number of benzene rings is 2. The van der Waals surface area contributed by atoms with Crippen molar-refractivity contribution < 1.29 is 23.7 Å². The summed E-state index contributed by atoms with van der Waals surface area (Å²) in [6.07, 6.45) is 0. The minimum atomic E-state index is -0.234. The third kappa shape index (κ3) is 3.09. The minimum Gasteiger partial charge on any atom is -0.497 e. The molecule has 1 heterocycles. The molecule has 7 heteroatoms. The highest BCUT2D eigenvalue weighted by atomic mass is 16.5. The van der Waals surface area contributed by atoms with Gasteiger partial charge in [-0.15, -0.1) is 0 Å². The number of nitrogens with zero attached hydrogens (tertiary/aromatic N) is 1. The zero-order valence-corrected chi connectivity index (χ0v) is 15.1. The van der Waals surface area contributed by atoms with Crippen molar-refractivity contribution in [2.24, 2.45) is 0 Å². The van der Waals surface area contributed by atoms with Crippen molar-refractivity contribution in [1.29, 1.82) is 0 Å². The van der Waals surface area contributed by atoms with Crippen LogP contribution in [0.5, 0.6) is 17.2 Å². The summed E-state index contributed by atoms with van der Waals surface area (Å²) in [4.78, 5) is 13.0. The van der Waals surface area contributed by atoms with Gasteiger partial charge in [0.2, 0.25) is 5.78 Å². The van der Waals surface area contributed by atoms with Gasteiger partial charge < -0.3 is 18.9 Å². The molecule has 0 unspecified atom stereocenters. The standard InChI is InChI=1S/C19H20N2O5/c1-23-10-14-16(25-3)7-11(8-17(14)26-4)19(22)18-13-6-5-12(24-2)9-15(13)20-21-18/h5-9H,10H2,1-4H3,(H,20,21). The van der Waals surface area contributed by atoms with Crippen LogP contribution < -0.4 is 14.2 Å². The average molecular weight is 356 g/mol. The van der Waals surface area contributed by atoms with Crippen molar-refractivity contribution in [1.82, 2.24) is 10.2 Å². The van der Waals surface area contributed by atoms with E-state index >= 15 is 0 Å². The van der Waals surface area contributed by atoms with Crippen molar-refractivity contribution in [3.8, 4) is 17.2 Å². The van der Waals surface area contributed by atoms with Crippen LogP contribution in [-0.2, 0) is 11.3 Å². The predicted molar refractivity (Wildman–Crippen MR) is 96.3 cm³/mol. The van der Waals surface area contributed by atoms with Crippen LogP contribution in [0.3, 0.4) is 0 Å². The Hall–Kier alpha value is -3.06. The number of H-pyrrole nitrogens is 1. The van der Waals surface area contributed by atoms with E-state index in [1.807, 2.05) is 0 Å². The quantitative estimate of drug-likeness (QED) is 0.656. The van der Waals surface area contributed by atoms with E-state index in [2.05, 4.69) is 10.2 Å². The molecular formula is C19H20N2O5. The zero-order chi connectivity index (χ0) is 18.7. The average Bonchev–Trinajstić information content (AvgIpc) is 3.10. The number of hydrogen-bond donors (Lipinski definition) is 1. The van der Waals surface area contributed by atoms with Gasteiger partial charge in [0.15, 0.2) is 0 Å². The first-order valence-corrected chi connectivity index (χ1v) is 7.93. The molecule has 0 aliphatic heterocycles. The summed E-state index contributed by atoms with van der Waals surface area (Å²) in [5.41, 5.74) is 2.21. The van der Waals surface area contributed by atoms with Crippen molar-refractivity contribution in [2.75, 3.05) is 28.4 Å². The Labute approximate surface area is 150 Å². The molecule has 0 aliphatic carbocycles. The first kappa shape index (κ1) is 17.8. The zero-order valence-electron chi connectivity index (χ0n) is 15.1. The van der Waals surface area contributed by atoms with E-state index < -0.39 is 0 Å². The molecule has 0 aliphatic rings. The lowest BCUT2D eigenvalue weighted by Gasteiger charge is -2.14. The van der Waals surface area contributed by atoms with Crippen LogP contribution in [0.4, 0.5) is 0 Å². The first-order valence-electron chi connectivity index (χ1n) is 7.93. The molecule has 136 valence electrons. The Bertz CT molecular complexity index is 923. The maximum atomic E-state index is 13.0. The molecule has 0 saturated heterocycles. The minimum absolute atomic E-state index is 0.234. The second kappa shape index (κ2) is 7.45. The van der Waals surface area contributed by atoms with Crippen LogP contribution in [0.25, 0.3) is 10.9 Å². The van der Waals surface area contributed by atoms with Crippen molar-refractivity contribution in [2.45, 2.75) is 6.61 Å². The number of hydrogen-bond acceptors (Lipinski definition) is 6. The van der Waals surface area contributed by atoms with E-state index in [9.17, 15) is 4.79 Å². The van der Waals surface area contributed by atoms with Gasteiger partial charge in [0.05, 0.1) is 39.0 Å². The molecule has 1 N–H and O–H groups in total. The van der Waals surface area contributed by atoms with Gasteiger partial charge in [-0.25, -0.2) is 0 Å². The molecule has 2 aromatic carbocycles. The molecule has 7 nitrogen and oxygen atoms in total. The van der Waals surface area contributed by atoms with Crippen LogP contribution in [0.1, 0.15) is 21.6 Å². The van der Waals surface area contributed by atoms with E-state index in [1.165, 1.54) is 0 Å². The van der Waals surface area contributed by atoms with Gasteiger partial charge in [-0.1, -0.05) is 0 Å². The third-order valence-corrected chi connectivity index (χ3v) is 4.14. The Kier molecular flexibility index (Phi) is 5.09. The second-order valence-electron chi connectivity index (χ2n) is 5.61. The summed E-state index contributed by atoms with van der Waals surface area (Å²) in [5.74, 6) is 1.50. The van der Waals surface area contributed by atoms with E-state index in [4.69, 9.17) is 18.9 Å². The normalized spacial score (nSPS) is 10.8. The van der Waals surface area contributed by atoms with Crippen LogP contribution in [-0.4, -0.2) is 44.4 Å². The van der Waals surface area contributed by atoms with Crippen LogP contribution in [0.15, 0.2) is 30.3 Å². The number of aromatic amines is 1. The molecule has 0 saturated carbocycles. The topological polar surface area (TPSA) is 82.7 Å². The highest BCUT2D eigenvalue weighted by Crippen LogP contribution is 2.33. The molecule has 0 spiro atoms. The SMILES string of the molecule is COCc1c(OC)cc(C(=O)c2n[nH]c3cc(OC)ccc23)cc1OC. The number of carbonyl (C=O) groups is 1. The summed E-state index contributed by atoms with van der Waals surface area (Å²) in [5, 5.41) is 7.77. The van der Waals surface area contributed by atoms with Gasteiger partial charge in [0, 0.05) is 24.1 Å². The van der Waals surface area contributed by atoms with Crippen molar-refractivity contribution >= 4 is 16.7 Å². The van der Waals surface area contributed by atoms with Gasteiger partial charge in [0.25, 0.3) is 0 Å². The Morgan fingerprint density at radius 1 is 1.00 bits per heavy atom.